The minimum atomic E-state index is -4.53. The lowest BCUT2D eigenvalue weighted by Gasteiger charge is -2.21. The minimum Gasteiger partial charge on any atom is -0.326 e. The summed E-state index contributed by atoms with van der Waals surface area (Å²) in [6.45, 7) is 0. The van der Waals surface area contributed by atoms with E-state index < -0.39 is 11.7 Å². The fourth-order valence-corrected chi connectivity index (χ4v) is 4.12. The number of benzene rings is 1. The fourth-order valence-electron chi connectivity index (χ4n) is 3.90. The van der Waals surface area contributed by atoms with Gasteiger partial charge in [0.25, 0.3) is 0 Å². The van der Waals surface area contributed by atoms with E-state index in [1.54, 1.807) is 0 Å². The third kappa shape index (κ3) is 3.24. The predicted molar refractivity (Wildman–Crippen MR) is 78.6 cm³/mol. The molecule has 1 amide bonds. The van der Waals surface area contributed by atoms with Crippen molar-refractivity contribution in [1.29, 1.82) is 0 Å². The number of carbonyl (C=O) groups excluding carboxylic acids is 1. The van der Waals surface area contributed by atoms with Crippen molar-refractivity contribution in [2.75, 3.05) is 5.32 Å². The Hall–Kier alpha value is -1.23. The van der Waals surface area contributed by atoms with Crippen LogP contribution in [0.25, 0.3) is 0 Å². The second kappa shape index (κ2) is 5.76. The Balaban J connectivity index is 1.64. The highest BCUT2D eigenvalue weighted by Crippen LogP contribution is 2.49. The SMILES string of the molecule is O=C(C[C@@H]1C[C@@H]2CC[C@@H]1C2)Nc1ccc(Cl)c(C(F)(F)F)c1. The molecule has 0 spiro atoms. The zero-order valence-corrected chi connectivity index (χ0v) is 12.7. The van der Waals surface area contributed by atoms with Crippen LogP contribution in [-0.4, -0.2) is 5.91 Å². The zero-order valence-electron chi connectivity index (χ0n) is 11.9. The van der Waals surface area contributed by atoms with E-state index in [9.17, 15) is 18.0 Å². The van der Waals surface area contributed by atoms with Crippen LogP contribution in [0.1, 0.15) is 37.7 Å². The summed E-state index contributed by atoms with van der Waals surface area (Å²) in [7, 11) is 0. The number of hydrogen-bond donors (Lipinski definition) is 1. The van der Waals surface area contributed by atoms with Gasteiger partial charge in [-0.05, 0) is 55.2 Å². The average molecular weight is 332 g/mol. The molecule has 0 unspecified atom stereocenters. The number of nitrogens with one attached hydrogen (secondary N) is 1. The van der Waals surface area contributed by atoms with Crippen molar-refractivity contribution >= 4 is 23.2 Å². The van der Waals surface area contributed by atoms with Gasteiger partial charge in [0.05, 0.1) is 10.6 Å². The molecule has 1 aromatic rings. The first kappa shape index (κ1) is 15.7. The molecule has 6 heteroatoms. The maximum Gasteiger partial charge on any atom is 0.417 e. The normalized spacial score (nSPS) is 27.2. The molecule has 0 saturated heterocycles. The molecular formula is C16H17ClF3NO. The lowest BCUT2D eigenvalue weighted by Crippen LogP contribution is -2.20. The Labute approximate surface area is 132 Å². The van der Waals surface area contributed by atoms with Gasteiger partial charge in [0.15, 0.2) is 0 Å². The van der Waals surface area contributed by atoms with Crippen molar-refractivity contribution in [3.8, 4) is 0 Å². The van der Waals surface area contributed by atoms with Crippen molar-refractivity contribution in [2.45, 2.75) is 38.3 Å². The van der Waals surface area contributed by atoms with Crippen molar-refractivity contribution in [1.82, 2.24) is 0 Å². The largest absolute Gasteiger partial charge is 0.417 e. The zero-order chi connectivity index (χ0) is 15.9. The molecule has 3 rings (SSSR count). The van der Waals surface area contributed by atoms with Crippen LogP contribution in [0.3, 0.4) is 0 Å². The van der Waals surface area contributed by atoms with Gasteiger partial charge in [-0.3, -0.25) is 4.79 Å². The Morgan fingerprint density at radius 2 is 2.05 bits per heavy atom. The van der Waals surface area contributed by atoms with E-state index in [-0.39, 0.29) is 16.6 Å². The molecule has 1 aromatic carbocycles. The first-order valence-electron chi connectivity index (χ1n) is 7.49. The van der Waals surface area contributed by atoms with Gasteiger partial charge in [0.1, 0.15) is 0 Å². The van der Waals surface area contributed by atoms with Crippen LogP contribution < -0.4 is 5.32 Å². The predicted octanol–water partition coefficient (Wildman–Crippen LogP) is 5.12. The average Bonchev–Trinajstić information content (AvgIpc) is 3.02. The van der Waals surface area contributed by atoms with Gasteiger partial charge in [0.2, 0.25) is 5.91 Å². The molecule has 2 fully saturated rings. The Morgan fingerprint density at radius 3 is 2.64 bits per heavy atom. The number of hydrogen-bond acceptors (Lipinski definition) is 1. The van der Waals surface area contributed by atoms with E-state index in [1.807, 2.05) is 0 Å². The third-order valence-electron chi connectivity index (χ3n) is 4.89. The number of halogens is 4. The van der Waals surface area contributed by atoms with Gasteiger partial charge >= 0.3 is 6.18 Å². The van der Waals surface area contributed by atoms with Crippen molar-refractivity contribution < 1.29 is 18.0 Å². The fraction of sp³-hybridized carbons (Fsp3) is 0.562. The number of anilines is 1. The number of fused-ring (bicyclic) bond motifs is 2. The maximum atomic E-state index is 12.8. The molecule has 0 radical (unpaired) electrons. The van der Waals surface area contributed by atoms with E-state index in [0.717, 1.165) is 24.5 Å². The molecular weight excluding hydrogens is 315 g/mol. The van der Waals surface area contributed by atoms with E-state index in [1.165, 1.54) is 25.3 Å². The molecule has 2 saturated carbocycles. The second-order valence-corrected chi connectivity index (χ2v) is 6.79. The summed E-state index contributed by atoms with van der Waals surface area (Å²) in [6, 6.07) is 3.45. The van der Waals surface area contributed by atoms with Gasteiger partial charge in [-0.25, -0.2) is 0 Å². The smallest absolute Gasteiger partial charge is 0.326 e. The van der Waals surface area contributed by atoms with Crippen molar-refractivity contribution in [3.05, 3.63) is 28.8 Å². The van der Waals surface area contributed by atoms with Crippen LogP contribution in [0.15, 0.2) is 18.2 Å². The molecule has 3 atom stereocenters. The van der Waals surface area contributed by atoms with Gasteiger partial charge < -0.3 is 5.32 Å². The maximum absolute atomic E-state index is 12.8. The number of amides is 1. The Morgan fingerprint density at radius 1 is 1.27 bits per heavy atom. The number of rotatable bonds is 3. The van der Waals surface area contributed by atoms with Crippen LogP contribution in [0.5, 0.6) is 0 Å². The number of alkyl halides is 3. The molecule has 22 heavy (non-hydrogen) atoms. The third-order valence-corrected chi connectivity index (χ3v) is 5.22. The standard InChI is InChI=1S/C16H17ClF3NO/c17-14-4-3-12(8-13(14)16(18,19)20)21-15(22)7-11-6-9-1-2-10(11)5-9/h3-4,8-11H,1-2,5-7H2,(H,21,22)/t9-,10-,11+/m1/s1. The van der Waals surface area contributed by atoms with Crippen LogP contribution in [0.4, 0.5) is 18.9 Å². The molecule has 2 nitrogen and oxygen atoms in total. The Kier molecular flexibility index (Phi) is 4.10. The second-order valence-electron chi connectivity index (χ2n) is 6.38. The molecule has 0 aromatic heterocycles. The van der Waals surface area contributed by atoms with E-state index >= 15 is 0 Å². The van der Waals surface area contributed by atoms with Crippen LogP contribution in [0, 0.1) is 17.8 Å². The van der Waals surface area contributed by atoms with Gasteiger partial charge in [-0.15, -0.1) is 0 Å². The highest BCUT2D eigenvalue weighted by atomic mass is 35.5. The van der Waals surface area contributed by atoms with Gasteiger partial charge in [0, 0.05) is 12.1 Å². The van der Waals surface area contributed by atoms with Crippen LogP contribution >= 0.6 is 11.6 Å². The molecule has 2 aliphatic rings. The topological polar surface area (TPSA) is 29.1 Å². The highest BCUT2D eigenvalue weighted by molar-refractivity contribution is 6.31. The monoisotopic (exact) mass is 331 g/mol. The number of carbonyl (C=O) groups is 1. The summed E-state index contributed by atoms with van der Waals surface area (Å²) in [4.78, 5) is 12.1. The molecule has 120 valence electrons. The summed E-state index contributed by atoms with van der Waals surface area (Å²) in [5.74, 6) is 1.53. The van der Waals surface area contributed by atoms with Crippen molar-refractivity contribution in [2.24, 2.45) is 17.8 Å². The van der Waals surface area contributed by atoms with E-state index in [0.29, 0.717) is 18.3 Å². The first-order valence-corrected chi connectivity index (χ1v) is 7.87. The molecule has 1 N–H and O–H groups in total. The minimum absolute atomic E-state index is 0.143. The lowest BCUT2D eigenvalue weighted by atomic mass is 9.86. The Bertz CT molecular complexity index is 587. The van der Waals surface area contributed by atoms with E-state index in [2.05, 4.69) is 5.32 Å². The molecule has 2 bridgehead atoms. The van der Waals surface area contributed by atoms with Crippen LogP contribution in [-0.2, 0) is 11.0 Å². The summed E-state index contributed by atoms with van der Waals surface area (Å²) < 4.78 is 38.4. The quantitative estimate of drug-likeness (QED) is 0.818. The summed E-state index contributed by atoms with van der Waals surface area (Å²) in [6.07, 6.45) is 0.591. The van der Waals surface area contributed by atoms with Gasteiger partial charge in [-0.1, -0.05) is 18.0 Å². The summed E-state index contributed by atoms with van der Waals surface area (Å²) in [5, 5.41) is 2.21. The highest BCUT2D eigenvalue weighted by Gasteiger charge is 2.40. The molecule has 0 aliphatic heterocycles. The van der Waals surface area contributed by atoms with Crippen LogP contribution in [0.2, 0.25) is 5.02 Å². The summed E-state index contributed by atoms with van der Waals surface area (Å²) >= 11 is 5.56. The summed E-state index contributed by atoms with van der Waals surface area (Å²) in [5.41, 5.74) is -0.781. The molecule has 2 aliphatic carbocycles. The molecule has 0 heterocycles. The van der Waals surface area contributed by atoms with E-state index in [4.69, 9.17) is 11.6 Å². The lowest BCUT2D eigenvalue weighted by molar-refractivity contribution is -0.137. The first-order chi connectivity index (χ1) is 10.3. The van der Waals surface area contributed by atoms with Gasteiger partial charge in [-0.2, -0.15) is 13.2 Å². The van der Waals surface area contributed by atoms with Crippen molar-refractivity contribution in [3.63, 3.8) is 0 Å².